The predicted octanol–water partition coefficient (Wildman–Crippen LogP) is 5.14. The van der Waals surface area contributed by atoms with Gasteiger partial charge in [-0.05, 0) is 51.2 Å². The van der Waals surface area contributed by atoms with Crippen LogP contribution in [-0.4, -0.2) is 5.54 Å². The van der Waals surface area contributed by atoms with Crippen molar-refractivity contribution in [1.82, 2.24) is 5.32 Å². The molecule has 1 atom stereocenters. The first-order chi connectivity index (χ1) is 9.33. The lowest BCUT2D eigenvalue weighted by Gasteiger charge is -2.19. The van der Waals surface area contributed by atoms with Crippen molar-refractivity contribution in [2.75, 3.05) is 0 Å². The highest BCUT2D eigenvalue weighted by atomic mass is 16.3. The highest BCUT2D eigenvalue weighted by Crippen LogP contribution is 2.33. The van der Waals surface area contributed by atoms with E-state index < -0.39 is 0 Å². The van der Waals surface area contributed by atoms with Gasteiger partial charge in [0, 0.05) is 10.9 Å². The average molecular weight is 273 g/mol. The first kappa shape index (κ1) is 15.1. The van der Waals surface area contributed by atoms with Crippen molar-refractivity contribution >= 4 is 11.0 Å². The minimum atomic E-state index is 0.102. The summed E-state index contributed by atoms with van der Waals surface area (Å²) in [7, 11) is 0. The monoisotopic (exact) mass is 273 g/mol. The van der Waals surface area contributed by atoms with Crippen LogP contribution >= 0.6 is 0 Å². The zero-order chi connectivity index (χ0) is 14.9. The second-order valence-corrected chi connectivity index (χ2v) is 6.79. The highest BCUT2D eigenvalue weighted by Gasteiger charge is 2.17. The Morgan fingerprint density at radius 2 is 1.95 bits per heavy atom. The van der Waals surface area contributed by atoms with Gasteiger partial charge in [-0.2, -0.15) is 0 Å². The Labute approximate surface area is 122 Å². The van der Waals surface area contributed by atoms with Gasteiger partial charge in [-0.1, -0.05) is 32.0 Å². The summed E-state index contributed by atoms with van der Waals surface area (Å²) in [5.74, 6) is 1.60. The second kappa shape index (κ2) is 5.61. The number of furan rings is 1. The van der Waals surface area contributed by atoms with Crippen LogP contribution in [-0.2, 0) is 6.54 Å². The molecule has 0 fully saturated rings. The summed E-state index contributed by atoms with van der Waals surface area (Å²) in [5, 5.41) is 4.77. The molecule has 20 heavy (non-hydrogen) atoms. The van der Waals surface area contributed by atoms with Gasteiger partial charge in [0.2, 0.25) is 0 Å². The third kappa shape index (κ3) is 3.06. The van der Waals surface area contributed by atoms with Crippen molar-refractivity contribution in [3.05, 3.63) is 35.1 Å². The van der Waals surface area contributed by atoms with Crippen LogP contribution in [0, 0.1) is 6.92 Å². The van der Waals surface area contributed by atoms with Crippen molar-refractivity contribution in [2.45, 2.75) is 66.0 Å². The zero-order valence-corrected chi connectivity index (χ0v) is 13.6. The van der Waals surface area contributed by atoms with Crippen LogP contribution in [0.4, 0.5) is 0 Å². The number of para-hydroxylation sites is 1. The van der Waals surface area contributed by atoms with Crippen molar-refractivity contribution < 1.29 is 4.42 Å². The zero-order valence-electron chi connectivity index (χ0n) is 13.6. The number of hydrogen-bond acceptors (Lipinski definition) is 2. The lowest BCUT2D eigenvalue weighted by molar-refractivity contribution is 0.393. The lowest BCUT2D eigenvalue weighted by Crippen LogP contribution is -2.35. The third-order valence-corrected chi connectivity index (χ3v) is 4.02. The van der Waals surface area contributed by atoms with Gasteiger partial charge < -0.3 is 9.73 Å². The van der Waals surface area contributed by atoms with E-state index >= 15 is 0 Å². The molecule has 1 heterocycles. The molecule has 110 valence electrons. The number of rotatable bonds is 4. The maximum Gasteiger partial charge on any atom is 0.138 e. The number of fused-ring (bicyclic) bond motifs is 1. The van der Waals surface area contributed by atoms with E-state index in [0.717, 1.165) is 24.3 Å². The molecule has 0 saturated carbocycles. The van der Waals surface area contributed by atoms with Crippen LogP contribution < -0.4 is 5.32 Å². The maximum absolute atomic E-state index is 6.19. The van der Waals surface area contributed by atoms with Crippen LogP contribution in [0.25, 0.3) is 11.0 Å². The topological polar surface area (TPSA) is 25.2 Å². The molecule has 0 saturated heterocycles. The number of hydrogen-bond donors (Lipinski definition) is 1. The Kier molecular flexibility index (Phi) is 4.24. The molecule has 1 aromatic heterocycles. The van der Waals surface area contributed by atoms with Gasteiger partial charge in [0.05, 0.1) is 6.54 Å². The predicted molar refractivity (Wildman–Crippen MR) is 86.2 cm³/mol. The minimum Gasteiger partial charge on any atom is -0.459 e. The molecule has 1 N–H and O–H groups in total. The van der Waals surface area contributed by atoms with Gasteiger partial charge >= 0.3 is 0 Å². The van der Waals surface area contributed by atoms with Gasteiger partial charge in [-0.15, -0.1) is 0 Å². The Bertz CT molecular complexity index is 589. The fourth-order valence-corrected chi connectivity index (χ4v) is 2.44. The average Bonchev–Trinajstić information content (AvgIpc) is 2.72. The Balaban J connectivity index is 2.41. The van der Waals surface area contributed by atoms with E-state index in [2.05, 4.69) is 65.1 Å². The SMILES string of the molecule is CCC(C)c1cccc2c(C)c(CNC(C)(C)C)oc12. The molecule has 1 unspecified atom stereocenters. The van der Waals surface area contributed by atoms with Gasteiger partial charge in [-0.3, -0.25) is 0 Å². The minimum absolute atomic E-state index is 0.102. The molecule has 0 amide bonds. The van der Waals surface area contributed by atoms with Crippen molar-refractivity contribution in [3.63, 3.8) is 0 Å². The van der Waals surface area contributed by atoms with Crippen LogP contribution in [0.3, 0.4) is 0 Å². The molecule has 2 aromatic rings. The fourth-order valence-electron chi connectivity index (χ4n) is 2.44. The molecule has 1 aromatic carbocycles. The van der Waals surface area contributed by atoms with E-state index in [1.165, 1.54) is 16.5 Å². The molecule has 2 nitrogen and oxygen atoms in total. The molecular formula is C18H27NO. The molecule has 0 aliphatic rings. The van der Waals surface area contributed by atoms with Crippen LogP contribution in [0.1, 0.15) is 63.8 Å². The Morgan fingerprint density at radius 3 is 2.55 bits per heavy atom. The number of benzene rings is 1. The van der Waals surface area contributed by atoms with E-state index in [9.17, 15) is 0 Å². The number of nitrogens with one attached hydrogen (secondary N) is 1. The highest BCUT2D eigenvalue weighted by molar-refractivity contribution is 5.85. The van der Waals surface area contributed by atoms with Crippen LogP contribution in [0.5, 0.6) is 0 Å². The van der Waals surface area contributed by atoms with E-state index in [-0.39, 0.29) is 5.54 Å². The summed E-state index contributed by atoms with van der Waals surface area (Å²) >= 11 is 0. The molecule has 2 heteroatoms. The smallest absolute Gasteiger partial charge is 0.138 e. The fraction of sp³-hybridized carbons (Fsp3) is 0.556. The van der Waals surface area contributed by atoms with Gasteiger partial charge in [0.15, 0.2) is 0 Å². The van der Waals surface area contributed by atoms with Gasteiger partial charge in [0.1, 0.15) is 11.3 Å². The Morgan fingerprint density at radius 1 is 1.25 bits per heavy atom. The molecule has 0 spiro atoms. The van der Waals surface area contributed by atoms with Crippen LogP contribution in [0.15, 0.2) is 22.6 Å². The van der Waals surface area contributed by atoms with E-state index in [1.807, 2.05) is 0 Å². The molecule has 0 aliphatic carbocycles. The second-order valence-electron chi connectivity index (χ2n) is 6.79. The maximum atomic E-state index is 6.19. The molecule has 0 aliphatic heterocycles. The quantitative estimate of drug-likeness (QED) is 0.834. The summed E-state index contributed by atoms with van der Waals surface area (Å²) in [4.78, 5) is 0. The van der Waals surface area contributed by atoms with Crippen molar-refractivity contribution in [2.24, 2.45) is 0 Å². The summed E-state index contributed by atoms with van der Waals surface area (Å²) in [6, 6.07) is 6.51. The van der Waals surface area contributed by atoms with E-state index in [1.54, 1.807) is 0 Å². The van der Waals surface area contributed by atoms with Crippen LogP contribution in [0.2, 0.25) is 0 Å². The van der Waals surface area contributed by atoms with E-state index in [0.29, 0.717) is 5.92 Å². The normalized spacial score (nSPS) is 13.9. The molecule has 2 rings (SSSR count). The lowest BCUT2D eigenvalue weighted by atomic mass is 9.96. The van der Waals surface area contributed by atoms with Gasteiger partial charge in [-0.25, -0.2) is 0 Å². The summed E-state index contributed by atoms with van der Waals surface area (Å²) in [5.41, 5.74) is 3.77. The third-order valence-electron chi connectivity index (χ3n) is 4.02. The summed E-state index contributed by atoms with van der Waals surface area (Å²) < 4.78 is 6.19. The summed E-state index contributed by atoms with van der Waals surface area (Å²) in [6.45, 7) is 14.0. The first-order valence-corrected chi connectivity index (χ1v) is 7.59. The first-order valence-electron chi connectivity index (χ1n) is 7.59. The van der Waals surface area contributed by atoms with E-state index in [4.69, 9.17) is 4.42 Å². The standard InChI is InChI=1S/C18H27NO/c1-7-12(2)14-9-8-10-15-13(3)16(20-17(14)15)11-19-18(4,5)6/h8-10,12,19H,7,11H2,1-6H3. The molecular weight excluding hydrogens is 246 g/mol. The summed E-state index contributed by atoms with van der Waals surface area (Å²) in [6.07, 6.45) is 1.13. The molecule has 0 radical (unpaired) electrons. The largest absolute Gasteiger partial charge is 0.459 e. The molecule has 0 bridgehead atoms. The Hall–Kier alpha value is -1.28. The van der Waals surface area contributed by atoms with Crippen molar-refractivity contribution in [1.29, 1.82) is 0 Å². The van der Waals surface area contributed by atoms with Crippen molar-refractivity contribution in [3.8, 4) is 0 Å². The number of aryl methyl sites for hydroxylation is 1. The van der Waals surface area contributed by atoms with Gasteiger partial charge in [0.25, 0.3) is 0 Å².